The summed E-state index contributed by atoms with van der Waals surface area (Å²) in [6.07, 6.45) is 3.54. The van der Waals surface area contributed by atoms with Crippen LogP contribution in [0.5, 0.6) is 0 Å². The summed E-state index contributed by atoms with van der Waals surface area (Å²) in [7, 11) is 7.40. The van der Waals surface area contributed by atoms with Crippen LogP contribution in [0.1, 0.15) is 0 Å². The van der Waals surface area contributed by atoms with Crippen molar-refractivity contribution in [2.24, 2.45) is 0 Å². The van der Waals surface area contributed by atoms with Crippen molar-refractivity contribution in [2.75, 3.05) is 21.1 Å². The van der Waals surface area contributed by atoms with Crippen molar-refractivity contribution in [3.8, 4) is 0 Å². The molecule has 0 aliphatic carbocycles. The standard InChI is InChI=1S/C7H13BNO/c1-9(2,3)7-6-10-5-4-8-7/h4-6,8H,1-3H3/q+1. The van der Waals surface area contributed by atoms with Crippen molar-refractivity contribution in [3.05, 3.63) is 24.1 Å². The second-order valence-corrected chi connectivity index (χ2v) is 3.33. The monoisotopic (exact) mass is 138 g/mol. The molecule has 1 aliphatic rings. The molecule has 10 heavy (non-hydrogen) atoms. The van der Waals surface area contributed by atoms with Gasteiger partial charge in [0.25, 0.3) is 7.28 Å². The van der Waals surface area contributed by atoms with E-state index in [0.717, 1.165) is 11.8 Å². The largest absolute Gasteiger partial charge is 0.469 e. The van der Waals surface area contributed by atoms with Gasteiger partial charge in [0.2, 0.25) is 0 Å². The van der Waals surface area contributed by atoms with Gasteiger partial charge in [-0.05, 0) is 0 Å². The zero-order chi connectivity index (χ0) is 7.61. The van der Waals surface area contributed by atoms with E-state index < -0.39 is 0 Å². The molecule has 0 bridgehead atoms. The fourth-order valence-electron chi connectivity index (χ4n) is 0.822. The van der Waals surface area contributed by atoms with Crippen molar-refractivity contribution < 1.29 is 9.22 Å². The molecule has 54 valence electrons. The van der Waals surface area contributed by atoms with Crippen LogP contribution in [-0.4, -0.2) is 32.9 Å². The summed E-state index contributed by atoms with van der Waals surface area (Å²) in [5.41, 5.74) is 1.29. The van der Waals surface area contributed by atoms with E-state index in [1.165, 1.54) is 5.60 Å². The minimum atomic E-state index is 0.852. The first-order valence-corrected chi connectivity index (χ1v) is 3.42. The van der Waals surface area contributed by atoms with E-state index in [1.54, 1.807) is 6.26 Å². The molecular weight excluding hydrogens is 125 g/mol. The summed E-state index contributed by atoms with van der Waals surface area (Å²) in [5, 5.41) is 0. The molecule has 0 N–H and O–H groups in total. The summed E-state index contributed by atoms with van der Waals surface area (Å²) in [6, 6.07) is 0. The number of hydrogen-bond acceptors (Lipinski definition) is 1. The van der Waals surface area contributed by atoms with Gasteiger partial charge in [-0.15, -0.1) is 0 Å². The van der Waals surface area contributed by atoms with Gasteiger partial charge in [-0.3, -0.25) is 0 Å². The Labute approximate surface area is 62.6 Å². The Balaban J connectivity index is 2.65. The van der Waals surface area contributed by atoms with Crippen LogP contribution in [0.15, 0.2) is 24.1 Å². The average Bonchev–Trinajstić information content (AvgIpc) is 1.88. The predicted molar refractivity (Wildman–Crippen MR) is 43.5 cm³/mol. The molecule has 0 aromatic carbocycles. The lowest BCUT2D eigenvalue weighted by atomic mass is 9.73. The zero-order valence-electron chi connectivity index (χ0n) is 6.79. The van der Waals surface area contributed by atoms with Crippen molar-refractivity contribution in [2.45, 2.75) is 0 Å². The van der Waals surface area contributed by atoms with Crippen LogP contribution < -0.4 is 0 Å². The number of quaternary nitrogens is 1. The number of rotatable bonds is 1. The summed E-state index contributed by atoms with van der Waals surface area (Å²) in [4.78, 5) is 0. The quantitative estimate of drug-likeness (QED) is 0.377. The molecule has 0 saturated heterocycles. The third kappa shape index (κ3) is 1.64. The lowest BCUT2D eigenvalue weighted by Gasteiger charge is -2.26. The molecule has 0 spiro atoms. The van der Waals surface area contributed by atoms with Crippen LogP contribution in [0.2, 0.25) is 0 Å². The molecule has 0 radical (unpaired) electrons. The van der Waals surface area contributed by atoms with E-state index in [0.29, 0.717) is 0 Å². The minimum Gasteiger partial charge on any atom is -0.469 e. The fourth-order valence-corrected chi connectivity index (χ4v) is 0.822. The number of nitrogens with zero attached hydrogens (tertiary/aromatic N) is 1. The van der Waals surface area contributed by atoms with Gasteiger partial charge >= 0.3 is 0 Å². The van der Waals surface area contributed by atoms with Crippen LogP contribution in [0.4, 0.5) is 0 Å². The molecule has 3 heteroatoms. The van der Waals surface area contributed by atoms with Crippen LogP contribution in [0.25, 0.3) is 0 Å². The van der Waals surface area contributed by atoms with Gasteiger partial charge in [0.15, 0.2) is 0 Å². The lowest BCUT2D eigenvalue weighted by molar-refractivity contribution is -0.824. The molecule has 1 heterocycles. The minimum absolute atomic E-state index is 0.852. The smallest absolute Gasteiger partial charge is 0.261 e. The predicted octanol–water partition coefficient (Wildman–Crippen LogP) is 0.429. The first-order valence-electron chi connectivity index (χ1n) is 3.42. The summed E-state index contributed by atoms with van der Waals surface area (Å²) >= 11 is 0. The highest BCUT2D eigenvalue weighted by atomic mass is 16.5. The normalized spacial score (nSPS) is 17.3. The molecule has 0 aromatic rings. The van der Waals surface area contributed by atoms with Gasteiger partial charge < -0.3 is 9.22 Å². The highest BCUT2D eigenvalue weighted by Gasteiger charge is 2.17. The average molecular weight is 138 g/mol. The van der Waals surface area contributed by atoms with Gasteiger partial charge in [-0.1, -0.05) is 5.98 Å². The molecule has 1 rings (SSSR count). The van der Waals surface area contributed by atoms with Crippen molar-refractivity contribution in [1.29, 1.82) is 0 Å². The lowest BCUT2D eigenvalue weighted by Crippen LogP contribution is -2.36. The topological polar surface area (TPSA) is 9.23 Å². The van der Waals surface area contributed by atoms with Crippen LogP contribution in [-0.2, 0) is 4.74 Å². The van der Waals surface area contributed by atoms with E-state index in [-0.39, 0.29) is 0 Å². The summed E-state index contributed by atoms with van der Waals surface area (Å²) < 4.78 is 5.90. The zero-order valence-corrected chi connectivity index (χ0v) is 6.79. The first-order chi connectivity index (χ1) is 4.61. The van der Waals surface area contributed by atoms with Gasteiger partial charge in [0, 0.05) is 0 Å². The van der Waals surface area contributed by atoms with E-state index in [4.69, 9.17) is 4.74 Å². The van der Waals surface area contributed by atoms with Crippen LogP contribution >= 0.6 is 0 Å². The maximum Gasteiger partial charge on any atom is 0.261 e. The van der Waals surface area contributed by atoms with Crippen molar-refractivity contribution in [1.82, 2.24) is 0 Å². The Morgan fingerprint density at radius 3 is 2.40 bits per heavy atom. The third-order valence-corrected chi connectivity index (χ3v) is 1.57. The molecule has 2 nitrogen and oxygen atoms in total. The highest BCUT2D eigenvalue weighted by Crippen LogP contribution is 2.09. The van der Waals surface area contributed by atoms with Crippen molar-refractivity contribution in [3.63, 3.8) is 0 Å². The van der Waals surface area contributed by atoms with E-state index in [2.05, 4.69) is 21.1 Å². The van der Waals surface area contributed by atoms with Crippen LogP contribution in [0, 0.1) is 0 Å². The number of hydrogen-bond donors (Lipinski definition) is 0. The molecule has 0 aromatic heterocycles. The van der Waals surface area contributed by atoms with Gasteiger partial charge in [0.05, 0.1) is 33.0 Å². The Kier molecular flexibility index (Phi) is 1.86. The Morgan fingerprint density at radius 1 is 1.40 bits per heavy atom. The SMILES string of the molecule is C[N+](C)(C)C1=COC=CB1. The van der Waals surface area contributed by atoms with E-state index in [1.807, 2.05) is 12.2 Å². The van der Waals surface area contributed by atoms with Crippen LogP contribution in [0.3, 0.4) is 0 Å². The maximum absolute atomic E-state index is 5.05. The fraction of sp³-hybridized carbons (Fsp3) is 0.429. The van der Waals surface area contributed by atoms with Gasteiger partial charge in [-0.2, -0.15) is 0 Å². The molecule has 1 aliphatic heterocycles. The third-order valence-electron chi connectivity index (χ3n) is 1.57. The molecule has 0 amide bonds. The Morgan fingerprint density at radius 2 is 2.10 bits per heavy atom. The second kappa shape index (κ2) is 2.50. The Bertz CT molecular complexity index is 179. The van der Waals surface area contributed by atoms with E-state index >= 15 is 0 Å². The molecular formula is C7H13BNO+. The highest BCUT2D eigenvalue weighted by molar-refractivity contribution is 6.50. The van der Waals surface area contributed by atoms with Gasteiger partial charge in [0.1, 0.15) is 6.26 Å². The molecule has 0 fully saturated rings. The summed E-state index contributed by atoms with van der Waals surface area (Å²) in [6.45, 7) is 0. The first kappa shape index (κ1) is 7.41. The molecule has 0 atom stereocenters. The summed E-state index contributed by atoms with van der Waals surface area (Å²) in [5.74, 6) is 2.03. The molecule has 0 saturated carbocycles. The maximum atomic E-state index is 5.05. The number of ether oxygens (including phenoxy) is 1. The van der Waals surface area contributed by atoms with E-state index in [9.17, 15) is 0 Å². The second-order valence-electron chi connectivity index (χ2n) is 3.33. The Hall–Kier alpha value is -0.695. The van der Waals surface area contributed by atoms with Crippen molar-refractivity contribution >= 4 is 7.28 Å². The van der Waals surface area contributed by atoms with Gasteiger partial charge in [-0.25, -0.2) is 0 Å². The molecule has 0 unspecified atom stereocenters.